The van der Waals surface area contributed by atoms with Gasteiger partial charge in [-0.2, -0.15) is 33.7 Å². The number of rotatable bonds is 4. The van der Waals surface area contributed by atoms with E-state index in [1.54, 1.807) is 0 Å². The Labute approximate surface area is 173 Å². The van der Waals surface area contributed by atoms with Crippen molar-refractivity contribution in [2.45, 2.75) is 19.6 Å². The summed E-state index contributed by atoms with van der Waals surface area (Å²) in [6, 6.07) is 3.24. The summed E-state index contributed by atoms with van der Waals surface area (Å²) in [4.78, 5) is -1.43. The van der Waals surface area contributed by atoms with Gasteiger partial charge in [-0.25, -0.2) is 9.97 Å². The third-order valence-electron chi connectivity index (χ3n) is 3.75. The molecule has 1 heterocycles. The summed E-state index contributed by atoms with van der Waals surface area (Å²) in [5.74, 6) is -0.686. The van der Waals surface area contributed by atoms with Crippen molar-refractivity contribution in [1.29, 1.82) is 0 Å². The third-order valence-corrected chi connectivity index (χ3v) is 7.82. The molecule has 0 unspecified atom stereocenters. The number of benzene rings is 2. The Morgan fingerprint density at radius 3 is 1.32 bits per heavy atom. The van der Waals surface area contributed by atoms with E-state index in [1.807, 2.05) is 0 Å². The standard InChI is InChI=1S/C12H8N2O13S4/c15-5-3-1-2-4-6(5)14-8-7(13-4)9(28(16,17)18)11(30(22,23)24)12(31(25,26)27)10(8)29(19,20)21/h1-3,15H,(H,16,17,18)(H,19,20,21)(H,22,23,24)(H,25,26,27). The number of hydrogen-bond donors (Lipinski definition) is 5. The molecule has 3 rings (SSSR count). The van der Waals surface area contributed by atoms with Gasteiger partial charge in [-0.05, 0) is 12.1 Å². The number of aromatic hydroxyl groups is 1. The molecule has 5 N–H and O–H groups in total. The minimum Gasteiger partial charge on any atom is -0.506 e. The molecule has 19 heteroatoms. The maximum atomic E-state index is 11.9. The van der Waals surface area contributed by atoms with E-state index in [0.717, 1.165) is 18.2 Å². The SMILES string of the molecule is O=S(=O)(O)c1c(S(=O)(=O)O)c(S(=O)(=O)O)c2nc3c(O)cccc3nc2c1S(=O)(=O)O. The lowest BCUT2D eigenvalue weighted by molar-refractivity contribution is 0.449. The average molecular weight is 516 g/mol. The van der Waals surface area contributed by atoms with E-state index in [1.165, 1.54) is 0 Å². The number of phenolic OH excluding ortho intramolecular Hbond substituents is 1. The smallest absolute Gasteiger partial charge is 0.298 e. The van der Waals surface area contributed by atoms with Gasteiger partial charge in [-0.15, -0.1) is 0 Å². The van der Waals surface area contributed by atoms with Crippen molar-refractivity contribution >= 4 is 62.5 Å². The predicted octanol–water partition coefficient (Wildman–Crippen LogP) is -0.525. The molecule has 0 saturated carbocycles. The fourth-order valence-corrected chi connectivity index (χ4v) is 7.55. The normalized spacial score (nSPS) is 13.7. The van der Waals surface area contributed by atoms with Gasteiger partial charge < -0.3 is 5.11 Å². The van der Waals surface area contributed by atoms with Crippen molar-refractivity contribution in [2.75, 3.05) is 0 Å². The van der Waals surface area contributed by atoms with Gasteiger partial charge >= 0.3 is 0 Å². The highest BCUT2D eigenvalue weighted by Crippen LogP contribution is 2.40. The van der Waals surface area contributed by atoms with Crippen LogP contribution in [0.2, 0.25) is 0 Å². The van der Waals surface area contributed by atoms with Gasteiger partial charge in [0, 0.05) is 0 Å². The number of fused-ring (bicyclic) bond motifs is 2. The highest BCUT2D eigenvalue weighted by atomic mass is 32.2. The topological polar surface area (TPSA) is 263 Å². The van der Waals surface area contributed by atoms with Crippen molar-refractivity contribution in [3.05, 3.63) is 18.2 Å². The zero-order chi connectivity index (χ0) is 23.7. The zero-order valence-corrected chi connectivity index (χ0v) is 17.5. The first-order chi connectivity index (χ1) is 13.8. The summed E-state index contributed by atoms with van der Waals surface area (Å²) in [6.45, 7) is 0. The van der Waals surface area contributed by atoms with Gasteiger partial charge in [0.1, 0.15) is 41.9 Å². The molecule has 0 spiro atoms. The number of hydrogen-bond acceptors (Lipinski definition) is 11. The molecule has 15 nitrogen and oxygen atoms in total. The lowest BCUT2D eigenvalue weighted by Crippen LogP contribution is -2.20. The Morgan fingerprint density at radius 2 is 0.935 bits per heavy atom. The first kappa shape index (κ1) is 23.1. The zero-order valence-electron chi connectivity index (χ0n) is 14.3. The van der Waals surface area contributed by atoms with Crippen LogP contribution in [0.3, 0.4) is 0 Å². The van der Waals surface area contributed by atoms with Gasteiger partial charge in [0.15, 0.2) is 0 Å². The highest BCUT2D eigenvalue weighted by molar-refractivity contribution is 7.91. The van der Waals surface area contributed by atoms with Gasteiger partial charge in [-0.3, -0.25) is 18.2 Å². The van der Waals surface area contributed by atoms with Crippen molar-refractivity contribution in [3.63, 3.8) is 0 Å². The monoisotopic (exact) mass is 516 g/mol. The van der Waals surface area contributed by atoms with E-state index in [-0.39, 0.29) is 0 Å². The van der Waals surface area contributed by atoms with E-state index in [4.69, 9.17) is 0 Å². The molecule has 0 aliphatic rings. The van der Waals surface area contributed by atoms with E-state index in [2.05, 4.69) is 9.97 Å². The molecular weight excluding hydrogens is 508 g/mol. The summed E-state index contributed by atoms with van der Waals surface area (Å²) in [5.41, 5.74) is -3.67. The van der Waals surface area contributed by atoms with Crippen LogP contribution in [-0.2, 0) is 40.5 Å². The molecule has 0 atom stereocenters. The van der Waals surface area contributed by atoms with Crippen LogP contribution >= 0.6 is 0 Å². The maximum absolute atomic E-state index is 11.9. The summed E-state index contributed by atoms with van der Waals surface area (Å²) in [7, 11) is -23.8. The molecule has 0 amide bonds. The van der Waals surface area contributed by atoms with Crippen LogP contribution in [0, 0.1) is 0 Å². The Bertz CT molecular complexity index is 1720. The van der Waals surface area contributed by atoms with Crippen LogP contribution in [-0.4, -0.2) is 67.0 Å². The second-order valence-corrected chi connectivity index (χ2v) is 11.2. The van der Waals surface area contributed by atoms with E-state index in [9.17, 15) is 57.0 Å². The molecule has 0 aliphatic carbocycles. The van der Waals surface area contributed by atoms with Gasteiger partial charge in [0.05, 0.1) is 5.52 Å². The minimum atomic E-state index is -6.05. The number of aromatic nitrogens is 2. The summed E-state index contributed by atoms with van der Waals surface area (Å²) in [5, 5.41) is 9.88. The highest BCUT2D eigenvalue weighted by Gasteiger charge is 2.42. The number of para-hydroxylation sites is 1. The van der Waals surface area contributed by atoms with Crippen molar-refractivity contribution in [2.24, 2.45) is 0 Å². The fraction of sp³-hybridized carbons (Fsp3) is 0. The van der Waals surface area contributed by atoms with Crippen molar-refractivity contribution in [3.8, 4) is 5.75 Å². The van der Waals surface area contributed by atoms with Crippen LogP contribution in [0.15, 0.2) is 37.8 Å². The van der Waals surface area contributed by atoms with Crippen LogP contribution < -0.4 is 0 Å². The molecule has 0 saturated heterocycles. The predicted molar refractivity (Wildman–Crippen MR) is 98.0 cm³/mol. The average Bonchev–Trinajstić information content (AvgIpc) is 2.55. The molecule has 2 aromatic carbocycles. The summed E-state index contributed by atoms with van der Waals surface area (Å²) in [6.07, 6.45) is 0. The van der Waals surface area contributed by atoms with E-state index >= 15 is 0 Å². The third kappa shape index (κ3) is 3.92. The fourth-order valence-electron chi connectivity index (χ4n) is 2.75. The molecule has 0 radical (unpaired) electrons. The second-order valence-electron chi connectivity index (χ2n) is 5.78. The molecule has 0 fully saturated rings. The quantitative estimate of drug-likeness (QED) is 0.215. The first-order valence-corrected chi connectivity index (χ1v) is 13.0. The summed E-state index contributed by atoms with van der Waals surface area (Å²) >= 11 is 0. The molecular formula is C12H8N2O13S4. The largest absolute Gasteiger partial charge is 0.506 e. The molecule has 3 aromatic rings. The van der Waals surface area contributed by atoms with Crippen LogP contribution in [0.5, 0.6) is 5.75 Å². The van der Waals surface area contributed by atoms with Gasteiger partial charge in [0.25, 0.3) is 40.5 Å². The second kappa shape index (κ2) is 6.74. The Balaban J connectivity index is 3.00. The van der Waals surface area contributed by atoms with Gasteiger partial charge in [0.2, 0.25) is 0 Å². The Kier molecular flexibility index (Phi) is 5.03. The lowest BCUT2D eigenvalue weighted by atomic mass is 10.2. The molecule has 168 valence electrons. The Hall–Kier alpha value is -2.52. The molecule has 1 aromatic heterocycles. The summed E-state index contributed by atoms with van der Waals surface area (Å²) < 4.78 is 133. The Morgan fingerprint density at radius 1 is 0.548 bits per heavy atom. The van der Waals surface area contributed by atoms with E-state index in [0.29, 0.717) is 0 Å². The van der Waals surface area contributed by atoms with Gasteiger partial charge in [-0.1, -0.05) is 6.07 Å². The first-order valence-electron chi connectivity index (χ1n) is 7.24. The van der Waals surface area contributed by atoms with Crippen molar-refractivity contribution < 1.29 is 57.0 Å². The maximum Gasteiger partial charge on any atom is 0.298 e. The van der Waals surface area contributed by atoms with Crippen LogP contribution in [0.4, 0.5) is 0 Å². The van der Waals surface area contributed by atoms with Crippen LogP contribution in [0.1, 0.15) is 0 Å². The lowest BCUT2D eigenvalue weighted by Gasteiger charge is -2.16. The molecule has 0 aliphatic heterocycles. The number of nitrogens with zero attached hydrogens (tertiary/aromatic N) is 2. The molecule has 0 bridgehead atoms. The van der Waals surface area contributed by atoms with E-state index < -0.39 is 87.9 Å². The number of phenols is 1. The van der Waals surface area contributed by atoms with Crippen molar-refractivity contribution in [1.82, 2.24) is 9.97 Å². The van der Waals surface area contributed by atoms with Crippen LogP contribution in [0.25, 0.3) is 22.1 Å². The minimum absolute atomic E-state index is 0.403. The molecule has 31 heavy (non-hydrogen) atoms.